The van der Waals surface area contributed by atoms with Crippen LogP contribution in [0.1, 0.15) is 15.9 Å². The van der Waals surface area contributed by atoms with Crippen LogP contribution in [0.4, 0.5) is 4.39 Å². The molecule has 2 aromatic rings. The Balaban J connectivity index is 1.57. The van der Waals surface area contributed by atoms with E-state index in [-0.39, 0.29) is 12.4 Å². The van der Waals surface area contributed by atoms with Crippen molar-refractivity contribution in [1.29, 1.82) is 0 Å². The second-order valence-electron chi connectivity index (χ2n) is 5.11. The molecule has 0 bridgehead atoms. The molecule has 0 aliphatic carbocycles. The Morgan fingerprint density at radius 1 is 1.20 bits per heavy atom. The molecule has 0 saturated heterocycles. The minimum Gasteiger partial charge on any atom is -0.454 e. The molecule has 0 amide bonds. The lowest BCUT2D eigenvalue weighted by Gasteiger charge is -2.03. The number of ketones is 1. The van der Waals surface area contributed by atoms with Crippen molar-refractivity contribution in [2.45, 2.75) is 0 Å². The van der Waals surface area contributed by atoms with E-state index >= 15 is 0 Å². The number of ether oxygens (including phenoxy) is 3. The topological polar surface area (TPSA) is 61.8 Å². The van der Waals surface area contributed by atoms with Gasteiger partial charge in [-0.2, -0.15) is 0 Å². The number of carbonyl (C=O) groups is 2. The van der Waals surface area contributed by atoms with Crippen LogP contribution in [0.15, 0.2) is 42.5 Å². The van der Waals surface area contributed by atoms with E-state index < -0.39 is 24.2 Å². The molecule has 0 radical (unpaired) electrons. The van der Waals surface area contributed by atoms with Crippen molar-refractivity contribution in [3.8, 4) is 11.5 Å². The lowest BCUT2D eigenvalue weighted by atomic mass is 10.1. The normalized spacial score (nSPS) is 12.4. The van der Waals surface area contributed by atoms with Crippen molar-refractivity contribution in [3.63, 3.8) is 0 Å². The van der Waals surface area contributed by atoms with Crippen LogP contribution in [0.25, 0.3) is 6.08 Å². The lowest BCUT2D eigenvalue weighted by Crippen LogP contribution is -2.12. The summed E-state index contributed by atoms with van der Waals surface area (Å²) in [5.74, 6) is -0.603. The Hall–Kier alpha value is -2.86. The summed E-state index contributed by atoms with van der Waals surface area (Å²) in [4.78, 5) is 23.6. The van der Waals surface area contributed by atoms with Gasteiger partial charge < -0.3 is 14.2 Å². The van der Waals surface area contributed by atoms with Crippen LogP contribution >= 0.6 is 11.6 Å². The number of hydrogen-bond donors (Lipinski definition) is 0. The van der Waals surface area contributed by atoms with Crippen molar-refractivity contribution >= 4 is 29.4 Å². The molecule has 1 heterocycles. The number of carbonyl (C=O) groups excluding carboxylic acids is 2. The van der Waals surface area contributed by atoms with Crippen LogP contribution in [-0.4, -0.2) is 25.2 Å². The van der Waals surface area contributed by atoms with Crippen LogP contribution in [0.2, 0.25) is 5.02 Å². The van der Waals surface area contributed by atoms with E-state index in [0.29, 0.717) is 22.1 Å². The first kappa shape index (κ1) is 17.0. The predicted octanol–water partition coefficient (Wildman–Crippen LogP) is 3.65. The predicted molar refractivity (Wildman–Crippen MR) is 88.3 cm³/mol. The van der Waals surface area contributed by atoms with Crippen molar-refractivity contribution in [2.24, 2.45) is 0 Å². The molecule has 5 nitrogen and oxygen atoms in total. The van der Waals surface area contributed by atoms with E-state index in [2.05, 4.69) is 0 Å². The molecule has 0 unspecified atom stereocenters. The van der Waals surface area contributed by atoms with Gasteiger partial charge in [0, 0.05) is 11.6 Å². The third-order valence-corrected chi connectivity index (χ3v) is 3.65. The zero-order valence-electron chi connectivity index (χ0n) is 12.8. The Morgan fingerprint density at radius 3 is 2.72 bits per heavy atom. The molecule has 0 atom stereocenters. The maximum Gasteiger partial charge on any atom is 0.331 e. The Kier molecular flexibility index (Phi) is 5.00. The van der Waals surface area contributed by atoms with Gasteiger partial charge in [0.2, 0.25) is 6.79 Å². The fourth-order valence-corrected chi connectivity index (χ4v) is 2.43. The highest BCUT2D eigenvalue weighted by atomic mass is 35.5. The summed E-state index contributed by atoms with van der Waals surface area (Å²) in [5, 5.41) is 0.370. The van der Waals surface area contributed by atoms with Gasteiger partial charge in [0.1, 0.15) is 5.82 Å². The summed E-state index contributed by atoms with van der Waals surface area (Å²) in [5.41, 5.74) is 0.886. The number of hydrogen-bond acceptors (Lipinski definition) is 5. The summed E-state index contributed by atoms with van der Waals surface area (Å²) in [7, 11) is 0. The number of esters is 1. The van der Waals surface area contributed by atoms with Gasteiger partial charge >= 0.3 is 5.97 Å². The van der Waals surface area contributed by atoms with E-state index in [9.17, 15) is 14.0 Å². The molecule has 2 aromatic carbocycles. The van der Waals surface area contributed by atoms with Crippen LogP contribution < -0.4 is 9.47 Å². The second kappa shape index (κ2) is 7.36. The summed E-state index contributed by atoms with van der Waals surface area (Å²) < 4.78 is 28.1. The monoisotopic (exact) mass is 362 g/mol. The maximum atomic E-state index is 12.8. The Labute approximate surface area is 147 Å². The first-order valence-corrected chi connectivity index (χ1v) is 7.63. The number of rotatable bonds is 5. The van der Waals surface area contributed by atoms with Gasteiger partial charge in [-0.1, -0.05) is 11.6 Å². The van der Waals surface area contributed by atoms with E-state index in [1.807, 2.05) is 0 Å². The molecule has 3 rings (SSSR count). The molecule has 25 heavy (non-hydrogen) atoms. The van der Waals surface area contributed by atoms with Crippen molar-refractivity contribution in [1.82, 2.24) is 0 Å². The third-order valence-electron chi connectivity index (χ3n) is 3.37. The van der Waals surface area contributed by atoms with E-state index in [4.69, 9.17) is 25.8 Å². The van der Waals surface area contributed by atoms with Gasteiger partial charge in [-0.15, -0.1) is 0 Å². The SMILES string of the molecule is O=C(/C=C/c1cc(Cl)c2c(c1)OCO2)OCC(=O)c1ccc(F)cc1. The zero-order chi connectivity index (χ0) is 17.8. The first-order chi connectivity index (χ1) is 12.0. The fraction of sp³-hybridized carbons (Fsp3) is 0.111. The maximum absolute atomic E-state index is 12.8. The zero-order valence-corrected chi connectivity index (χ0v) is 13.6. The van der Waals surface area contributed by atoms with Gasteiger partial charge in [0.05, 0.1) is 5.02 Å². The highest BCUT2D eigenvalue weighted by molar-refractivity contribution is 6.32. The number of fused-ring (bicyclic) bond motifs is 1. The Bertz CT molecular complexity index is 845. The second-order valence-corrected chi connectivity index (χ2v) is 5.51. The minimum atomic E-state index is -0.691. The molecular formula is C18H12ClFO5. The van der Waals surface area contributed by atoms with E-state index in [1.54, 1.807) is 12.1 Å². The van der Waals surface area contributed by atoms with E-state index in [1.165, 1.54) is 36.4 Å². The Morgan fingerprint density at radius 2 is 1.96 bits per heavy atom. The molecular weight excluding hydrogens is 351 g/mol. The summed E-state index contributed by atoms with van der Waals surface area (Å²) in [6.45, 7) is -0.341. The first-order valence-electron chi connectivity index (χ1n) is 7.25. The summed E-state index contributed by atoms with van der Waals surface area (Å²) in [6, 6.07) is 8.27. The third kappa shape index (κ3) is 4.16. The molecule has 0 saturated carbocycles. The van der Waals surface area contributed by atoms with Gasteiger partial charge in [-0.25, -0.2) is 9.18 Å². The van der Waals surface area contributed by atoms with Crippen LogP contribution in [0.3, 0.4) is 0 Å². The van der Waals surface area contributed by atoms with Crippen LogP contribution in [0, 0.1) is 5.82 Å². The summed E-state index contributed by atoms with van der Waals surface area (Å²) in [6.07, 6.45) is 2.66. The van der Waals surface area contributed by atoms with Crippen molar-refractivity contribution < 1.29 is 28.2 Å². The molecule has 128 valence electrons. The minimum absolute atomic E-state index is 0.0930. The molecule has 0 N–H and O–H groups in total. The van der Waals surface area contributed by atoms with Crippen molar-refractivity contribution in [2.75, 3.05) is 13.4 Å². The van der Waals surface area contributed by atoms with E-state index in [0.717, 1.165) is 0 Å². The molecule has 1 aliphatic heterocycles. The van der Waals surface area contributed by atoms with Gasteiger partial charge in [0.15, 0.2) is 23.9 Å². The van der Waals surface area contributed by atoms with Gasteiger partial charge in [0.25, 0.3) is 0 Å². The highest BCUT2D eigenvalue weighted by Crippen LogP contribution is 2.40. The van der Waals surface area contributed by atoms with Crippen LogP contribution in [-0.2, 0) is 9.53 Å². The average molecular weight is 363 g/mol. The number of benzene rings is 2. The summed E-state index contributed by atoms with van der Waals surface area (Å²) >= 11 is 6.05. The average Bonchev–Trinajstić information content (AvgIpc) is 3.07. The molecule has 0 spiro atoms. The number of Topliss-reactive ketones (excluding diaryl/α,β-unsaturated/α-hetero) is 1. The smallest absolute Gasteiger partial charge is 0.331 e. The standard InChI is InChI=1S/C18H12ClFO5/c19-14-7-11(8-16-18(14)25-10-24-16)1-6-17(22)23-9-15(21)12-2-4-13(20)5-3-12/h1-8H,9-10H2/b6-1+. The fourth-order valence-electron chi connectivity index (χ4n) is 2.15. The highest BCUT2D eigenvalue weighted by Gasteiger charge is 2.17. The molecule has 0 aromatic heterocycles. The van der Waals surface area contributed by atoms with Gasteiger partial charge in [-0.3, -0.25) is 4.79 Å². The quantitative estimate of drug-likeness (QED) is 0.461. The molecule has 0 fully saturated rings. The lowest BCUT2D eigenvalue weighted by molar-refractivity contribution is -0.136. The van der Waals surface area contributed by atoms with Crippen molar-refractivity contribution in [3.05, 3.63) is 64.4 Å². The van der Waals surface area contributed by atoms with Crippen LogP contribution in [0.5, 0.6) is 11.5 Å². The molecule has 7 heteroatoms. The van der Waals surface area contributed by atoms with Gasteiger partial charge in [-0.05, 0) is 48.0 Å². The number of halogens is 2. The molecule has 1 aliphatic rings. The largest absolute Gasteiger partial charge is 0.454 e.